The number of nitrogens with one attached hydrogen (secondary N) is 2. The highest BCUT2D eigenvalue weighted by Gasteiger charge is 2.51. The van der Waals surface area contributed by atoms with E-state index < -0.39 is 0 Å². The molecule has 0 radical (unpaired) electrons. The second kappa shape index (κ2) is 6.07. The first-order valence-corrected chi connectivity index (χ1v) is 9.27. The number of hydrogen-bond donors (Lipinski definition) is 2. The minimum atomic E-state index is -0.0990. The lowest BCUT2D eigenvalue weighted by atomic mass is 9.71. The van der Waals surface area contributed by atoms with E-state index in [-0.39, 0.29) is 41.0 Å². The van der Waals surface area contributed by atoms with E-state index in [9.17, 15) is 9.59 Å². The predicted octanol–water partition coefficient (Wildman–Crippen LogP) is 3.19. The Kier molecular flexibility index (Phi) is 4.51. The summed E-state index contributed by atoms with van der Waals surface area (Å²) in [6.07, 6.45) is 6.08. The van der Waals surface area contributed by atoms with Gasteiger partial charge in [0.05, 0.1) is 16.6 Å². The number of anilines is 1. The molecule has 1 unspecified atom stereocenters. The molecule has 3 aliphatic rings. The van der Waals surface area contributed by atoms with Crippen LogP contribution in [0, 0.1) is 10.8 Å². The van der Waals surface area contributed by atoms with Crippen LogP contribution in [-0.2, 0) is 11.2 Å². The highest BCUT2D eigenvalue weighted by atomic mass is 35.5. The Morgan fingerprint density at radius 3 is 2.62 bits per heavy atom. The molecule has 4 rings (SSSR count). The van der Waals surface area contributed by atoms with Gasteiger partial charge >= 0.3 is 0 Å². The van der Waals surface area contributed by atoms with Crippen molar-refractivity contribution < 1.29 is 9.59 Å². The third-order valence-electron chi connectivity index (χ3n) is 5.60. The zero-order chi connectivity index (χ0) is 16.2. The fourth-order valence-corrected chi connectivity index (χ4v) is 5.28. The fraction of sp³-hybridized carbons (Fsp3) is 0.706. The summed E-state index contributed by atoms with van der Waals surface area (Å²) in [5.74, 6) is 0.166. The third-order valence-corrected chi connectivity index (χ3v) is 6.65. The van der Waals surface area contributed by atoms with Crippen molar-refractivity contribution in [2.75, 3.05) is 11.9 Å². The van der Waals surface area contributed by atoms with Crippen molar-refractivity contribution >= 4 is 40.6 Å². The van der Waals surface area contributed by atoms with Crippen molar-refractivity contribution in [1.29, 1.82) is 0 Å². The molecule has 24 heavy (non-hydrogen) atoms. The first-order chi connectivity index (χ1) is 10.9. The molecule has 132 valence electrons. The lowest BCUT2D eigenvalue weighted by molar-refractivity contribution is -0.125. The molecule has 2 N–H and O–H groups in total. The molecular formula is C17H24ClN3O2S. The zero-order valence-corrected chi connectivity index (χ0v) is 15.7. The van der Waals surface area contributed by atoms with E-state index in [1.807, 2.05) is 0 Å². The number of thiazole rings is 1. The smallest absolute Gasteiger partial charge is 0.243 e. The van der Waals surface area contributed by atoms with E-state index in [1.54, 1.807) is 0 Å². The van der Waals surface area contributed by atoms with Crippen LogP contribution in [0.15, 0.2) is 0 Å². The summed E-state index contributed by atoms with van der Waals surface area (Å²) in [7, 11) is 0. The van der Waals surface area contributed by atoms with Crippen LogP contribution in [0.4, 0.5) is 5.13 Å². The molecule has 2 aliphatic carbocycles. The largest absolute Gasteiger partial charge is 0.305 e. The van der Waals surface area contributed by atoms with Gasteiger partial charge < -0.3 is 10.6 Å². The average Bonchev–Trinajstić information content (AvgIpc) is 3.03. The summed E-state index contributed by atoms with van der Waals surface area (Å²) in [5, 5.41) is 6.81. The maximum Gasteiger partial charge on any atom is 0.243 e. The molecule has 1 saturated carbocycles. The third kappa shape index (κ3) is 2.89. The van der Waals surface area contributed by atoms with Crippen LogP contribution in [-0.4, -0.2) is 29.3 Å². The Hall–Kier alpha value is -0.980. The second-order valence-corrected chi connectivity index (χ2v) is 9.11. The molecule has 1 aromatic rings. The molecule has 1 saturated heterocycles. The summed E-state index contributed by atoms with van der Waals surface area (Å²) < 4.78 is 0. The van der Waals surface area contributed by atoms with Gasteiger partial charge in [0.25, 0.3) is 0 Å². The van der Waals surface area contributed by atoms with Crippen molar-refractivity contribution in [1.82, 2.24) is 10.3 Å². The van der Waals surface area contributed by atoms with Gasteiger partial charge in [0.2, 0.25) is 5.91 Å². The summed E-state index contributed by atoms with van der Waals surface area (Å²) in [6, 6.07) is -0.0990. The minimum absolute atomic E-state index is 0. The number of halogens is 1. The van der Waals surface area contributed by atoms with E-state index in [1.165, 1.54) is 24.2 Å². The van der Waals surface area contributed by atoms with Crippen LogP contribution in [0.5, 0.6) is 0 Å². The molecular weight excluding hydrogens is 346 g/mol. The summed E-state index contributed by atoms with van der Waals surface area (Å²) in [6.45, 7) is 5.13. The molecule has 1 atom stereocenters. The zero-order valence-electron chi connectivity index (χ0n) is 14.1. The lowest BCUT2D eigenvalue weighted by Gasteiger charge is -2.47. The minimum Gasteiger partial charge on any atom is -0.305 e. The Morgan fingerprint density at radius 1 is 1.29 bits per heavy atom. The van der Waals surface area contributed by atoms with Crippen LogP contribution in [0.25, 0.3) is 0 Å². The summed E-state index contributed by atoms with van der Waals surface area (Å²) in [5.41, 5.74) is 0.977. The molecule has 7 heteroatoms. The monoisotopic (exact) mass is 369 g/mol. The number of Topliss-reactive ketones (excluding diaryl/α,β-unsaturated/α-hetero) is 1. The van der Waals surface area contributed by atoms with Crippen LogP contribution in [0.2, 0.25) is 0 Å². The van der Waals surface area contributed by atoms with E-state index in [0.29, 0.717) is 11.6 Å². The van der Waals surface area contributed by atoms with Gasteiger partial charge in [-0.25, -0.2) is 4.98 Å². The number of amides is 1. The maximum absolute atomic E-state index is 12.6. The van der Waals surface area contributed by atoms with Gasteiger partial charge in [0, 0.05) is 18.4 Å². The number of nitrogens with zero attached hydrogens (tertiary/aromatic N) is 1. The predicted molar refractivity (Wildman–Crippen MR) is 97.1 cm³/mol. The fourth-order valence-electron chi connectivity index (χ4n) is 4.36. The number of rotatable bonds is 2. The van der Waals surface area contributed by atoms with Crippen LogP contribution >= 0.6 is 23.7 Å². The number of ketones is 1. The van der Waals surface area contributed by atoms with Gasteiger partial charge in [-0.05, 0) is 24.7 Å². The molecule has 1 amide bonds. The first-order valence-electron chi connectivity index (χ1n) is 8.46. The van der Waals surface area contributed by atoms with E-state index in [4.69, 9.17) is 0 Å². The van der Waals surface area contributed by atoms with E-state index in [0.717, 1.165) is 36.4 Å². The van der Waals surface area contributed by atoms with Gasteiger partial charge in [-0.15, -0.1) is 12.4 Å². The van der Waals surface area contributed by atoms with Crippen molar-refractivity contribution in [2.45, 2.75) is 58.4 Å². The molecule has 2 heterocycles. The molecule has 1 aromatic heterocycles. The number of carbonyl (C=O) groups excluding carboxylic acids is 2. The normalized spacial score (nSPS) is 26.4. The SMILES string of the molecule is CC1(C)CC(=O)c2sc(NC(=O)C3NCC34CCCC4)nc2C1.Cl. The highest BCUT2D eigenvalue weighted by Crippen LogP contribution is 2.46. The van der Waals surface area contributed by atoms with Gasteiger partial charge in [-0.1, -0.05) is 38.0 Å². The van der Waals surface area contributed by atoms with Gasteiger partial charge in [0.1, 0.15) is 0 Å². The molecule has 2 fully saturated rings. The molecule has 0 bridgehead atoms. The number of carbonyl (C=O) groups is 2. The van der Waals surface area contributed by atoms with E-state index >= 15 is 0 Å². The maximum atomic E-state index is 12.6. The van der Waals surface area contributed by atoms with Gasteiger partial charge in [0.15, 0.2) is 10.9 Å². The Labute approximate surface area is 152 Å². The van der Waals surface area contributed by atoms with Crippen molar-refractivity contribution in [3.05, 3.63) is 10.6 Å². The Morgan fingerprint density at radius 2 is 2.00 bits per heavy atom. The topological polar surface area (TPSA) is 71.1 Å². The summed E-state index contributed by atoms with van der Waals surface area (Å²) >= 11 is 1.34. The molecule has 0 aromatic carbocycles. The van der Waals surface area contributed by atoms with Crippen molar-refractivity contribution in [3.8, 4) is 0 Å². The first kappa shape index (κ1) is 17.8. The highest BCUT2D eigenvalue weighted by molar-refractivity contribution is 7.17. The number of fused-ring (bicyclic) bond motifs is 1. The van der Waals surface area contributed by atoms with Gasteiger partial charge in [-0.2, -0.15) is 0 Å². The van der Waals surface area contributed by atoms with Gasteiger partial charge in [-0.3, -0.25) is 9.59 Å². The standard InChI is InChI=1S/C17H23N3O2S.ClH/c1-16(2)7-10-12(11(21)8-16)23-15(19-10)20-14(22)13-17(9-18-13)5-3-4-6-17;/h13,18H,3-9H2,1-2H3,(H,19,20,22);1H. The van der Waals surface area contributed by atoms with Crippen LogP contribution in [0.1, 0.15) is 61.3 Å². The van der Waals surface area contributed by atoms with Crippen LogP contribution < -0.4 is 10.6 Å². The molecule has 5 nitrogen and oxygen atoms in total. The lowest BCUT2D eigenvalue weighted by Crippen LogP contribution is -2.66. The van der Waals surface area contributed by atoms with E-state index in [2.05, 4.69) is 29.5 Å². The molecule has 1 aliphatic heterocycles. The Balaban J connectivity index is 0.00000169. The average molecular weight is 370 g/mol. The number of aromatic nitrogens is 1. The second-order valence-electron chi connectivity index (χ2n) is 8.11. The number of hydrogen-bond acceptors (Lipinski definition) is 5. The van der Waals surface area contributed by atoms with Crippen molar-refractivity contribution in [3.63, 3.8) is 0 Å². The summed E-state index contributed by atoms with van der Waals surface area (Å²) in [4.78, 5) is 30.1. The Bertz CT molecular complexity index is 679. The van der Waals surface area contributed by atoms with Crippen LogP contribution in [0.3, 0.4) is 0 Å². The quantitative estimate of drug-likeness (QED) is 0.839. The molecule has 1 spiro atoms. The van der Waals surface area contributed by atoms with Crippen molar-refractivity contribution in [2.24, 2.45) is 10.8 Å².